The van der Waals surface area contributed by atoms with Crippen molar-refractivity contribution in [1.29, 1.82) is 0 Å². The molecule has 0 radical (unpaired) electrons. The Morgan fingerprint density at radius 1 is 1.00 bits per heavy atom. The van der Waals surface area contributed by atoms with Crippen molar-refractivity contribution in [3.05, 3.63) is 24.3 Å². The van der Waals surface area contributed by atoms with E-state index in [2.05, 4.69) is 20.4 Å². The van der Waals surface area contributed by atoms with E-state index in [9.17, 15) is 0 Å². The molecule has 0 atom stereocenters. The second-order valence-electron chi connectivity index (χ2n) is 2.19. The highest BCUT2D eigenvalue weighted by Gasteiger charge is 1.63. The quantitative estimate of drug-likeness (QED) is 0.467. The summed E-state index contributed by atoms with van der Waals surface area (Å²) in [6.45, 7) is 19.9. The van der Waals surface area contributed by atoms with Gasteiger partial charge in [-0.2, -0.15) is 0 Å². The van der Waals surface area contributed by atoms with Crippen molar-refractivity contribution in [2.24, 2.45) is 0 Å². The summed E-state index contributed by atoms with van der Waals surface area (Å²) in [5.74, 6) is 0. The van der Waals surface area contributed by atoms with Crippen molar-refractivity contribution >= 4 is 0 Å². The lowest BCUT2D eigenvalue weighted by atomic mass is 10.3. The fraction of sp³-hybridized carbons (Fsp3) is 0.692. The largest absolute Gasteiger partial charge is 0.0991 e. The molecule has 0 heteroatoms. The van der Waals surface area contributed by atoms with Crippen LogP contribution in [0, 0.1) is 0 Å². The van der Waals surface area contributed by atoms with Crippen LogP contribution >= 0.6 is 0 Å². The number of hydrogen-bond donors (Lipinski definition) is 0. The third-order valence-electron chi connectivity index (χ3n) is 0.451. The van der Waals surface area contributed by atoms with Crippen LogP contribution in [0.4, 0.5) is 0 Å². The molecule has 0 amide bonds. The van der Waals surface area contributed by atoms with Crippen LogP contribution in [0.2, 0.25) is 0 Å². The zero-order valence-corrected chi connectivity index (χ0v) is 11.1. The van der Waals surface area contributed by atoms with E-state index >= 15 is 0 Å². The first kappa shape index (κ1) is 22.9. The average molecular weight is 186 g/mol. The minimum Gasteiger partial charge on any atom is -0.0991 e. The minimum atomic E-state index is 1.25. The van der Waals surface area contributed by atoms with Crippen LogP contribution in [0.1, 0.15) is 61.8 Å². The fourth-order valence-corrected chi connectivity index (χ4v) is 0.236. The second-order valence-corrected chi connectivity index (χ2v) is 2.19. The molecule has 0 rings (SSSR count). The normalized spacial score (nSPS) is 5.54. The van der Waals surface area contributed by atoms with Crippen LogP contribution in [0.25, 0.3) is 0 Å². The fourth-order valence-electron chi connectivity index (χ4n) is 0.236. The Labute approximate surface area is 86.8 Å². The van der Waals surface area contributed by atoms with E-state index in [1.807, 2.05) is 47.6 Å². The van der Waals surface area contributed by atoms with E-state index in [-0.39, 0.29) is 0 Å². The molecule has 13 heavy (non-hydrogen) atoms. The smallest absolute Gasteiger partial charge is 0.0439 e. The summed E-state index contributed by atoms with van der Waals surface area (Å²) >= 11 is 0. The third-order valence-corrected chi connectivity index (χ3v) is 0.451. The first-order valence-corrected chi connectivity index (χ1v) is 5.44. The van der Waals surface area contributed by atoms with Crippen LogP contribution < -0.4 is 0 Å². The lowest BCUT2D eigenvalue weighted by Crippen LogP contribution is -1.54. The van der Waals surface area contributed by atoms with Crippen LogP contribution in [0.15, 0.2) is 24.3 Å². The molecule has 0 saturated carbocycles. The first-order valence-electron chi connectivity index (χ1n) is 5.44. The van der Waals surface area contributed by atoms with Gasteiger partial charge in [0.1, 0.15) is 0 Å². The zero-order valence-electron chi connectivity index (χ0n) is 11.1. The van der Waals surface area contributed by atoms with Gasteiger partial charge in [0.05, 0.1) is 0 Å². The van der Waals surface area contributed by atoms with Crippen LogP contribution in [0.5, 0.6) is 0 Å². The van der Waals surface area contributed by atoms with Crippen molar-refractivity contribution < 1.29 is 0 Å². The molecular weight excluding hydrogens is 156 g/mol. The van der Waals surface area contributed by atoms with Crippen molar-refractivity contribution in [3.8, 4) is 0 Å². The molecule has 0 saturated heterocycles. The molecule has 0 aliphatic heterocycles. The maximum atomic E-state index is 3.52. The molecule has 0 spiro atoms. The van der Waals surface area contributed by atoms with Crippen LogP contribution in [-0.4, -0.2) is 0 Å². The number of allylic oxidation sites excluding steroid dienone is 3. The van der Waals surface area contributed by atoms with E-state index in [4.69, 9.17) is 0 Å². The topological polar surface area (TPSA) is 0 Å². The monoisotopic (exact) mass is 186 g/mol. The first-order chi connectivity index (χ1) is 6.18. The molecule has 0 fully saturated rings. The lowest BCUT2D eigenvalue weighted by Gasteiger charge is -1.76. The van der Waals surface area contributed by atoms with E-state index in [0.717, 1.165) is 0 Å². The predicted octanol–water partition coefficient (Wildman–Crippen LogP) is 5.61. The lowest BCUT2D eigenvalue weighted by molar-refractivity contribution is 1.09. The molecule has 0 aliphatic rings. The summed E-state index contributed by atoms with van der Waals surface area (Å²) in [6.07, 6.45) is 5.01. The van der Waals surface area contributed by atoms with Gasteiger partial charge >= 0.3 is 0 Å². The zero-order chi connectivity index (χ0) is 11.7. The summed E-state index contributed by atoms with van der Waals surface area (Å²) in [4.78, 5) is 0. The van der Waals surface area contributed by atoms with Gasteiger partial charge in [0.25, 0.3) is 0 Å². The van der Waals surface area contributed by atoms with Gasteiger partial charge in [-0.05, 0) is 13.8 Å². The average Bonchev–Trinajstić information content (AvgIpc) is 2.12. The van der Waals surface area contributed by atoms with Crippen LogP contribution in [-0.2, 0) is 0 Å². The Morgan fingerprint density at radius 2 is 1.23 bits per heavy atom. The molecule has 0 unspecified atom stereocenters. The van der Waals surface area contributed by atoms with Gasteiger partial charge in [-0.15, -0.1) is 0 Å². The molecule has 0 bridgehead atoms. The van der Waals surface area contributed by atoms with Crippen molar-refractivity contribution in [2.45, 2.75) is 61.8 Å². The molecular formula is C13H30. The van der Waals surface area contributed by atoms with E-state index in [1.54, 1.807) is 6.08 Å². The van der Waals surface area contributed by atoms with E-state index < -0.39 is 0 Å². The van der Waals surface area contributed by atoms with Gasteiger partial charge in [0.2, 0.25) is 0 Å². The molecule has 82 valence electrons. The van der Waals surface area contributed by atoms with Gasteiger partial charge in [-0.1, -0.05) is 72.3 Å². The molecule has 0 aromatic carbocycles. The van der Waals surface area contributed by atoms with Gasteiger partial charge in [-0.3, -0.25) is 0 Å². The highest BCUT2D eigenvalue weighted by atomic mass is 13.7. The molecule has 0 heterocycles. The maximum absolute atomic E-state index is 3.52. The molecule has 0 aliphatic carbocycles. The second kappa shape index (κ2) is 42.0. The Hall–Kier alpha value is -0.520. The van der Waals surface area contributed by atoms with Gasteiger partial charge in [0, 0.05) is 0 Å². The molecule has 0 nitrogen and oxygen atoms in total. The Bertz CT molecular complexity index is 74.0. The minimum absolute atomic E-state index is 1.25. The third kappa shape index (κ3) is 168. The van der Waals surface area contributed by atoms with Gasteiger partial charge in [0.15, 0.2) is 0 Å². The standard InChI is InChI=1S/C6H10.C3H8.2C2H6/c1-4-5-6(2)3;1-3-2;2*1-2/h4-5H,1H2,2-3H3;3H2,1-2H3;2*1-2H3. The summed E-state index contributed by atoms with van der Waals surface area (Å²) in [6, 6.07) is 0. The van der Waals surface area contributed by atoms with Gasteiger partial charge in [-0.25, -0.2) is 0 Å². The highest BCUT2D eigenvalue weighted by Crippen LogP contribution is 1.85. The summed E-state index contributed by atoms with van der Waals surface area (Å²) < 4.78 is 0. The Morgan fingerprint density at radius 3 is 1.23 bits per heavy atom. The summed E-state index contributed by atoms with van der Waals surface area (Å²) in [7, 11) is 0. The van der Waals surface area contributed by atoms with Crippen LogP contribution in [0.3, 0.4) is 0 Å². The predicted molar refractivity (Wildman–Crippen MR) is 68.3 cm³/mol. The highest BCUT2D eigenvalue weighted by molar-refractivity contribution is 5.04. The maximum Gasteiger partial charge on any atom is -0.0439 e. The molecule has 0 N–H and O–H groups in total. The van der Waals surface area contributed by atoms with Crippen molar-refractivity contribution in [2.75, 3.05) is 0 Å². The molecule has 0 aromatic rings. The van der Waals surface area contributed by atoms with Crippen molar-refractivity contribution in [3.63, 3.8) is 0 Å². The summed E-state index contributed by atoms with van der Waals surface area (Å²) in [5.41, 5.74) is 1.30. The number of rotatable bonds is 1. The summed E-state index contributed by atoms with van der Waals surface area (Å²) in [5, 5.41) is 0. The van der Waals surface area contributed by atoms with E-state index in [0.29, 0.717) is 0 Å². The van der Waals surface area contributed by atoms with E-state index in [1.165, 1.54) is 12.0 Å². The van der Waals surface area contributed by atoms with Gasteiger partial charge < -0.3 is 0 Å². The Balaban J connectivity index is -0.0000000493. The molecule has 0 aromatic heterocycles. The number of hydrogen-bond acceptors (Lipinski definition) is 0. The SMILES string of the molecule is C=CC=C(C)C.CC.CC.CCC. The van der Waals surface area contributed by atoms with Crippen molar-refractivity contribution in [1.82, 2.24) is 0 Å². The Kier molecular flexibility index (Phi) is 73.9.